The van der Waals surface area contributed by atoms with Crippen LogP contribution in [0, 0.1) is 5.92 Å². The maximum Gasteiger partial charge on any atom is 0.161 e. The van der Waals surface area contributed by atoms with Gasteiger partial charge in [0.1, 0.15) is 0 Å². The molecule has 3 nitrogen and oxygen atoms in total. The number of hydrogen-bond donors (Lipinski definition) is 1. The molecule has 1 aliphatic carbocycles. The van der Waals surface area contributed by atoms with Crippen molar-refractivity contribution in [1.29, 1.82) is 0 Å². The molecule has 1 atom stereocenters. The largest absolute Gasteiger partial charge is 0.490 e. The lowest BCUT2D eigenvalue weighted by atomic mass is 10.0. The second kappa shape index (κ2) is 6.80. The second-order valence-electron chi connectivity index (χ2n) is 5.19. The lowest BCUT2D eigenvalue weighted by molar-refractivity contribution is 0.153. The average Bonchev–Trinajstić information content (AvgIpc) is 3.27. The molecule has 0 bridgehead atoms. The van der Waals surface area contributed by atoms with Gasteiger partial charge in [-0.2, -0.15) is 0 Å². The lowest BCUT2D eigenvalue weighted by Crippen LogP contribution is -2.04. The highest BCUT2D eigenvalue weighted by Gasteiger charge is 2.31. The van der Waals surface area contributed by atoms with Crippen molar-refractivity contribution in [3.05, 3.63) is 23.8 Å². The van der Waals surface area contributed by atoms with E-state index in [9.17, 15) is 5.11 Å². The predicted octanol–water partition coefficient (Wildman–Crippen LogP) is 3.71. The fraction of sp³-hybridized carbons (Fsp3) is 0.625. The zero-order valence-corrected chi connectivity index (χ0v) is 11.9. The van der Waals surface area contributed by atoms with E-state index in [-0.39, 0.29) is 6.10 Å². The molecule has 0 amide bonds. The number of ether oxygens (including phenoxy) is 2. The van der Waals surface area contributed by atoms with E-state index in [0.29, 0.717) is 19.1 Å². The van der Waals surface area contributed by atoms with E-state index in [4.69, 9.17) is 9.47 Å². The fourth-order valence-corrected chi connectivity index (χ4v) is 2.05. The van der Waals surface area contributed by atoms with Crippen molar-refractivity contribution in [2.75, 3.05) is 13.2 Å². The monoisotopic (exact) mass is 264 g/mol. The molecule has 1 N–H and O–H groups in total. The van der Waals surface area contributed by atoms with Crippen LogP contribution in [0.15, 0.2) is 18.2 Å². The van der Waals surface area contributed by atoms with Crippen LogP contribution >= 0.6 is 0 Å². The molecule has 1 saturated carbocycles. The summed E-state index contributed by atoms with van der Waals surface area (Å²) in [7, 11) is 0. The molecule has 19 heavy (non-hydrogen) atoms. The molecular weight excluding hydrogens is 240 g/mol. The zero-order chi connectivity index (χ0) is 13.7. The normalized spacial score (nSPS) is 16.2. The summed E-state index contributed by atoms with van der Waals surface area (Å²) < 4.78 is 11.4. The Bertz CT molecular complexity index is 399. The third-order valence-electron chi connectivity index (χ3n) is 3.30. The van der Waals surface area contributed by atoms with Crippen molar-refractivity contribution in [1.82, 2.24) is 0 Å². The SMILES string of the molecule is CCCOc1ccc(C(O)C2CC2)cc1OCCC. The number of aliphatic hydroxyl groups is 1. The quantitative estimate of drug-likeness (QED) is 0.778. The molecule has 0 spiro atoms. The minimum absolute atomic E-state index is 0.357. The summed E-state index contributed by atoms with van der Waals surface area (Å²) in [5, 5.41) is 10.2. The maximum atomic E-state index is 10.2. The highest BCUT2D eigenvalue weighted by molar-refractivity contribution is 5.44. The van der Waals surface area contributed by atoms with E-state index in [2.05, 4.69) is 13.8 Å². The summed E-state index contributed by atoms with van der Waals surface area (Å²) in [6.45, 7) is 5.52. The zero-order valence-electron chi connectivity index (χ0n) is 11.9. The van der Waals surface area contributed by atoms with Crippen LogP contribution < -0.4 is 9.47 Å². The van der Waals surface area contributed by atoms with Gasteiger partial charge in [-0.25, -0.2) is 0 Å². The van der Waals surface area contributed by atoms with Crippen molar-refractivity contribution in [2.24, 2.45) is 5.92 Å². The first kappa shape index (κ1) is 14.2. The highest BCUT2D eigenvalue weighted by atomic mass is 16.5. The van der Waals surface area contributed by atoms with Crippen LogP contribution in [-0.4, -0.2) is 18.3 Å². The van der Waals surface area contributed by atoms with Crippen molar-refractivity contribution in [3.8, 4) is 11.5 Å². The Morgan fingerprint density at radius 1 is 1.11 bits per heavy atom. The van der Waals surface area contributed by atoms with Gasteiger partial charge in [0.05, 0.1) is 19.3 Å². The van der Waals surface area contributed by atoms with Crippen LogP contribution in [0.25, 0.3) is 0 Å². The van der Waals surface area contributed by atoms with Crippen LogP contribution in [0.3, 0.4) is 0 Å². The summed E-state index contributed by atoms with van der Waals surface area (Å²) in [6, 6.07) is 5.80. The van der Waals surface area contributed by atoms with Gasteiger partial charge in [0, 0.05) is 0 Å². The number of rotatable bonds is 8. The Kier molecular flexibility index (Phi) is 5.08. The summed E-state index contributed by atoms with van der Waals surface area (Å²) in [6.07, 6.45) is 3.83. The molecule has 3 heteroatoms. The lowest BCUT2D eigenvalue weighted by Gasteiger charge is -2.16. The number of benzene rings is 1. The van der Waals surface area contributed by atoms with Crippen molar-refractivity contribution in [2.45, 2.75) is 45.6 Å². The molecule has 1 aliphatic rings. The van der Waals surface area contributed by atoms with E-state index < -0.39 is 0 Å². The van der Waals surface area contributed by atoms with Crippen molar-refractivity contribution >= 4 is 0 Å². The van der Waals surface area contributed by atoms with Gasteiger partial charge in [0.15, 0.2) is 11.5 Å². The molecule has 1 unspecified atom stereocenters. The third-order valence-corrected chi connectivity index (χ3v) is 3.30. The highest BCUT2D eigenvalue weighted by Crippen LogP contribution is 2.42. The van der Waals surface area contributed by atoms with Crippen LogP contribution in [0.2, 0.25) is 0 Å². The van der Waals surface area contributed by atoms with E-state index in [1.54, 1.807) is 0 Å². The smallest absolute Gasteiger partial charge is 0.161 e. The minimum atomic E-state index is -0.357. The van der Waals surface area contributed by atoms with Crippen LogP contribution in [0.5, 0.6) is 11.5 Å². The van der Waals surface area contributed by atoms with Gasteiger partial charge >= 0.3 is 0 Å². The summed E-state index contributed by atoms with van der Waals surface area (Å²) in [5.41, 5.74) is 0.942. The van der Waals surface area contributed by atoms with Crippen molar-refractivity contribution in [3.63, 3.8) is 0 Å². The molecule has 0 saturated heterocycles. The molecule has 1 aromatic carbocycles. The maximum absolute atomic E-state index is 10.2. The summed E-state index contributed by atoms with van der Waals surface area (Å²) in [4.78, 5) is 0. The average molecular weight is 264 g/mol. The second-order valence-corrected chi connectivity index (χ2v) is 5.19. The molecule has 0 radical (unpaired) electrons. The van der Waals surface area contributed by atoms with Gasteiger partial charge in [0.25, 0.3) is 0 Å². The summed E-state index contributed by atoms with van der Waals surface area (Å²) >= 11 is 0. The molecule has 0 aliphatic heterocycles. The Balaban J connectivity index is 2.13. The molecule has 106 valence electrons. The molecule has 0 heterocycles. The fourth-order valence-electron chi connectivity index (χ4n) is 2.05. The third kappa shape index (κ3) is 3.87. The molecule has 1 aromatic rings. The first-order chi connectivity index (χ1) is 9.26. The summed E-state index contributed by atoms with van der Waals surface area (Å²) in [5.74, 6) is 1.97. The van der Waals surface area contributed by atoms with Gasteiger partial charge in [-0.15, -0.1) is 0 Å². The van der Waals surface area contributed by atoms with Gasteiger partial charge in [-0.05, 0) is 49.3 Å². The standard InChI is InChI=1S/C16H24O3/c1-3-9-18-14-8-7-13(16(17)12-5-6-12)11-15(14)19-10-4-2/h7-8,11-12,16-17H,3-6,9-10H2,1-2H3. The molecule has 2 rings (SSSR count). The number of aliphatic hydroxyl groups excluding tert-OH is 1. The van der Waals surface area contributed by atoms with Gasteiger partial charge in [-0.3, -0.25) is 0 Å². The predicted molar refractivity (Wildman–Crippen MR) is 75.7 cm³/mol. The minimum Gasteiger partial charge on any atom is -0.490 e. The van der Waals surface area contributed by atoms with E-state index in [1.165, 1.54) is 0 Å². The Morgan fingerprint density at radius 2 is 1.74 bits per heavy atom. The van der Waals surface area contributed by atoms with E-state index >= 15 is 0 Å². The van der Waals surface area contributed by atoms with E-state index in [1.807, 2.05) is 18.2 Å². The Hall–Kier alpha value is -1.22. The van der Waals surface area contributed by atoms with E-state index in [0.717, 1.165) is 42.7 Å². The van der Waals surface area contributed by atoms with Gasteiger partial charge in [-0.1, -0.05) is 19.9 Å². The van der Waals surface area contributed by atoms with Crippen molar-refractivity contribution < 1.29 is 14.6 Å². The van der Waals surface area contributed by atoms with Gasteiger partial charge < -0.3 is 14.6 Å². The molecule has 0 aromatic heterocycles. The molecular formula is C16H24O3. The first-order valence-corrected chi connectivity index (χ1v) is 7.33. The topological polar surface area (TPSA) is 38.7 Å². The van der Waals surface area contributed by atoms with Gasteiger partial charge in [0.2, 0.25) is 0 Å². The first-order valence-electron chi connectivity index (χ1n) is 7.33. The van der Waals surface area contributed by atoms with Crippen LogP contribution in [0.1, 0.15) is 51.2 Å². The number of hydrogen-bond acceptors (Lipinski definition) is 3. The Labute approximate surface area is 115 Å². The molecule has 1 fully saturated rings. The van der Waals surface area contributed by atoms with Crippen LogP contribution in [-0.2, 0) is 0 Å². The van der Waals surface area contributed by atoms with Crippen LogP contribution in [0.4, 0.5) is 0 Å². The Morgan fingerprint density at radius 3 is 2.32 bits per heavy atom.